The fraction of sp³-hybridized carbons (Fsp3) is 0.333. The van der Waals surface area contributed by atoms with Gasteiger partial charge in [0.2, 0.25) is 0 Å². The Kier molecular flexibility index (Phi) is 3.31. The number of benzene rings is 1. The van der Waals surface area contributed by atoms with Crippen molar-refractivity contribution in [1.82, 2.24) is 0 Å². The highest BCUT2D eigenvalue weighted by Gasteiger charge is 2.09. The molecule has 1 atom stereocenters. The van der Waals surface area contributed by atoms with Crippen LogP contribution in [0.25, 0.3) is 0 Å². The van der Waals surface area contributed by atoms with Crippen molar-refractivity contribution in [2.45, 2.75) is 20.0 Å². The Hall–Kier alpha value is -1.28. The molecule has 1 N–H and O–H groups in total. The predicted molar refractivity (Wildman–Crippen MR) is 57.5 cm³/mol. The molecule has 0 fully saturated rings. The fourth-order valence-electron chi connectivity index (χ4n) is 1.36. The predicted octanol–water partition coefficient (Wildman–Crippen LogP) is 2.61. The van der Waals surface area contributed by atoms with Crippen LogP contribution in [0.1, 0.15) is 24.2 Å². The monoisotopic (exact) mass is 192 g/mol. The van der Waals surface area contributed by atoms with Crippen molar-refractivity contribution in [3.05, 3.63) is 41.5 Å². The summed E-state index contributed by atoms with van der Waals surface area (Å²) in [5.74, 6) is 0.836. The van der Waals surface area contributed by atoms with E-state index in [0.717, 1.165) is 22.4 Å². The highest BCUT2D eigenvalue weighted by molar-refractivity contribution is 5.38. The van der Waals surface area contributed by atoms with Crippen molar-refractivity contribution >= 4 is 0 Å². The van der Waals surface area contributed by atoms with E-state index in [1.54, 1.807) is 7.11 Å². The van der Waals surface area contributed by atoms with Gasteiger partial charge < -0.3 is 9.84 Å². The van der Waals surface area contributed by atoms with Crippen LogP contribution in [0.2, 0.25) is 0 Å². The average molecular weight is 192 g/mol. The first-order valence-electron chi connectivity index (χ1n) is 4.54. The normalized spacial score (nSPS) is 12.3. The molecule has 0 aliphatic heterocycles. The summed E-state index contributed by atoms with van der Waals surface area (Å²) in [5, 5.41) is 9.75. The van der Waals surface area contributed by atoms with Crippen LogP contribution in [-0.4, -0.2) is 12.2 Å². The molecule has 0 amide bonds. The van der Waals surface area contributed by atoms with Crippen LogP contribution in [0.5, 0.6) is 5.75 Å². The SMILES string of the molecule is C=C(C)C(O)c1ccc(OC)c(C)c1. The van der Waals surface area contributed by atoms with Crippen LogP contribution < -0.4 is 4.74 Å². The van der Waals surface area contributed by atoms with Crippen LogP contribution in [0.3, 0.4) is 0 Å². The Morgan fingerprint density at radius 2 is 2.14 bits per heavy atom. The van der Waals surface area contributed by atoms with Crippen LogP contribution >= 0.6 is 0 Å². The smallest absolute Gasteiger partial charge is 0.121 e. The van der Waals surface area contributed by atoms with Gasteiger partial charge in [0.25, 0.3) is 0 Å². The summed E-state index contributed by atoms with van der Waals surface area (Å²) in [6, 6.07) is 5.63. The van der Waals surface area contributed by atoms with Gasteiger partial charge >= 0.3 is 0 Å². The summed E-state index contributed by atoms with van der Waals surface area (Å²) < 4.78 is 5.14. The summed E-state index contributed by atoms with van der Waals surface area (Å²) in [5.41, 5.74) is 2.62. The number of methoxy groups -OCH3 is 1. The molecule has 2 heteroatoms. The summed E-state index contributed by atoms with van der Waals surface area (Å²) in [4.78, 5) is 0. The minimum absolute atomic E-state index is 0.584. The highest BCUT2D eigenvalue weighted by atomic mass is 16.5. The van der Waals surface area contributed by atoms with Gasteiger partial charge in [0.05, 0.1) is 13.2 Å². The molecule has 0 radical (unpaired) electrons. The van der Waals surface area contributed by atoms with Crippen molar-refractivity contribution in [3.63, 3.8) is 0 Å². The zero-order valence-corrected chi connectivity index (χ0v) is 8.87. The van der Waals surface area contributed by atoms with Gasteiger partial charge in [-0.3, -0.25) is 0 Å². The first-order chi connectivity index (χ1) is 6.56. The lowest BCUT2D eigenvalue weighted by Crippen LogP contribution is -1.99. The van der Waals surface area contributed by atoms with E-state index in [4.69, 9.17) is 4.74 Å². The molecule has 0 heterocycles. The third kappa shape index (κ3) is 2.15. The molecule has 14 heavy (non-hydrogen) atoms. The van der Waals surface area contributed by atoms with E-state index in [9.17, 15) is 5.11 Å². The second-order valence-corrected chi connectivity index (χ2v) is 3.48. The number of aliphatic hydroxyl groups excluding tert-OH is 1. The molecule has 1 aromatic carbocycles. The summed E-state index contributed by atoms with van der Waals surface area (Å²) in [6.07, 6.45) is -0.584. The number of hydrogen-bond acceptors (Lipinski definition) is 2. The first kappa shape index (κ1) is 10.8. The van der Waals surface area contributed by atoms with E-state index in [1.807, 2.05) is 32.0 Å². The maximum atomic E-state index is 9.75. The molecule has 0 saturated heterocycles. The second kappa shape index (κ2) is 4.29. The van der Waals surface area contributed by atoms with Gasteiger partial charge in [-0.05, 0) is 42.7 Å². The van der Waals surface area contributed by atoms with Gasteiger partial charge in [-0.2, -0.15) is 0 Å². The van der Waals surface area contributed by atoms with Crippen molar-refractivity contribution in [2.75, 3.05) is 7.11 Å². The lowest BCUT2D eigenvalue weighted by molar-refractivity contribution is 0.216. The summed E-state index contributed by atoms with van der Waals surface area (Å²) in [6.45, 7) is 7.48. The van der Waals surface area contributed by atoms with E-state index in [-0.39, 0.29) is 0 Å². The van der Waals surface area contributed by atoms with Crippen molar-refractivity contribution in [1.29, 1.82) is 0 Å². The number of rotatable bonds is 3. The van der Waals surface area contributed by atoms with Crippen molar-refractivity contribution < 1.29 is 9.84 Å². The molecule has 1 aromatic rings. The largest absolute Gasteiger partial charge is 0.496 e. The Morgan fingerprint density at radius 1 is 1.50 bits per heavy atom. The first-order valence-corrected chi connectivity index (χ1v) is 4.54. The quantitative estimate of drug-likeness (QED) is 0.746. The fourth-order valence-corrected chi connectivity index (χ4v) is 1.36. The van der Waals surface area contributed by atoms with Gasteiger partial charge in [-0.1, -0.05) is 12.6 Å². The van der Waals surface area contributed by atoms with Crippen LogP contribution in [0.4, 0.5) is 0 Å². The van der Waals surface area contributed by atoms with E-state index in [2.05, 4.69) is 6.58 Å². The van der Waals surface area contributed by atoms with E-state index < -0.39 is 6.10 Å². The molecule has 0 saturated carbocycles. The van der Waals surface area contributed by atoms with E-state index in [1.165, 1.54) is 0 Å². The maximum absolute atomic E-state index is 9.75. The lowest BCUT2D eigenvalue weighted by atomic mass is 10.0. The van der Waals surface area contributed by atoms with E-state index in [0.29, 0.717) is 0 Å². The van der Waals surface area contributed by atoms with Crippen LogP contribution in [0.15, 0.2) is 30.4 Å². The molecule has 0 aliphatic rings. The van der Waals surface area contributed by atoms with Crippen LogP contribution in [-0.2, 0) is 0 Å². The number of ether oxygens (including phenoxy) is 1. The van der Waals surface area contributed by atoms with Crippen molar-refractivity contribution in [3.8, 4) is 5.75 Å². The van der Waals surface area contributed by atoms with Crippen molar-refractivity contribution in [2.24, 2.45) is 0 Å². The zero-order chi connectivity index (χ0) is 10.7. The molecule has 2 nitrogen and oxygen atoms in total. The minimum atomic E-state index is -0.584. The van der Waals surface area contributed by atoms with Gasteiger partial charge in [0, 0.05) is 0 Å². The molecular weight excluding hydrogens is 176 g/mol. The third-order valence-electron chi connectivity index (χ3n) is 2.20. The van der Waals surface area contributed by atoms with Gasteiger partial charge in [-0.25, -0.2) is 0 Å². The average Bonchev–Trinajstić information content (AvgIpc) is 2.16. The molecule has 0 bridgehead atoms. The Labute approximate surface area is 84.8 Å². The minimum Gasteiger partial charge on any atom is -0.496 e. The molecule has 1 unspecified atom stereocenters. The zero-order valence-electron chi connectivity index (χ0n) is 8.87. The Morgan fingerprint density at radius 3 is 2.57 bits per heavy atom. The standard InChI is InChI=1S/C12H16O2/c1-8(2)12(13)10-5-6-11(14-4)9(3)7-10/h5-7,12-13H,1H2,2-4H3. The molecule has 0 aromatic heterocycles. The Bertz CT molecular complexity index is 342. The molecule has 0 aliphatic carbocycles. The molecule has 0 spiro atoms. The third-order valence-corrected chi connectivity index (χ3v) is 2.20. The van der Waals surface area contributed by atoms with Gasteiger partial charge in [0.15, 0.2) is 0 Å². The summed E-state index contributed by atoms with van der Waals surface area (Å²) in [7, 11) is 1.64. The number of hydrogen-bond donors (Lipinski definition) is 1. The molecular formula is C12H16O2. The van der Waals surface area contributed by atoms with E-state index >= 15 is 0 Å². The highest BCUT2D eigenvalue weighted by Crippen LogP contribution is 2.25. The Balaban J connectivity index is 3.02. The molecule has 76 valence electrons. The topological polar surface area (TPSA) is 29.5 Å². The summed E-state index contributed by atoms with van der Waals surface area (Å²) >= 11 is 0. The van der Waals surface area contributed by atoms with Gasteiger partial charge in [-0.15, -0.1) is 0 Å². The number of aryl methyl sites for hydroxylation is 1. The van der Waals surface area contributed by atoms with Gasteiger partial charge in [0.1, 0.15) is 5.75 Å². The maximum Gasteiger partial charge on any atom is 0.121 e. The second-order valence-electron chi connectivity index (χ2n) is 3.48. The number of aliphatic hydroxyl groups is 1. The molecule has 1 rings (SSSR count). The lowest BCUT2D eigenvalue weighted by Gasteiger charge is -2.12. The van der Waals surface area contributed by atoms with Crippen LogP contribution in [0, 0.1) is 6.92 Å².